The van der Waals surface area contributed by atoms with Crippen molar-refractivity contribution in [3.05, 3.63) is 5.89 Å². The van der Waals surface area contributed by atoms with Crippen LogP contribution in [0, 0.1) is 0 Å². The number of hydrogen-bond donors (Lipinski definition) is 1. The Hall–Kier alpha value is -1.92. The lowest BCUT2D eigenvalue weighted by molar-refractivity contribution is 0.0631. The maximum atomic E-state index is 11.2. The highest BCUT2D eigenvalue weighted by Crippen LogP contribution is 2.10. The average Bonchev–Trinajstić information content (AvgIpc) is 2.48. The van der Waals surface area contributed by atoms with Gasteiger partial charge >= 0.3 is 12.1 Å². The quantitative estimate of drug-likeness (QED) is 0.742. The second kappa shape index (κ2) is 4.07. The van der Waals surface area contributed by atoms with Gasteiger partial charge < -0.3 is 9.15 Å². The molecule has 7 heteroatoms. The molecule has 1 amide bonds. The van der Waals surface area contributed by atoms with Crippen LogP contribution in [0.25, 0.3) is 0 Å². The highest BCUT2D eigenvalue weighted by Gasteiger charge is 2.18. The van der Waals surface area contributed by atoms with Crippen molar-refractivity contribution >= 4 is 18.4 Å². The lowest BCUT2D eigenvalue weighted by Gasteiger charge is -2.18. The summed E-state index contributed by atoms with van der Waals surface area (Å²) < 4.78 is 9.63. The summed E-state index contributed by atoms with van der Waals surface area (Å²) in [5.41, 5.74) is -0.613. The fourth-order valence-electron chi connectivity index (χ4n) is 0.724. The summed E-state index contributed by atoms with van der Waals surface area (Å²) in [6, 6.07) is -0.175. The SMILES string of the molecule is CC(C)(C)OC(=O)Nc1nnc(C=O)o1. The van der Waals surface area contributed by atoms with Gasteiger partial charge in [-0.05, 0) is 20.8 Å². The van der Waals surface area contributed by atoms with Gasteiger partial charge in [-0.1, -0.05) is 5.10 Å². The van der Waals surface area contributed by atoms with Crippen LogP contribution in [0.1, 0.15) is 31.5 Å². The Balaban J connectivity index is 2.55. The van der Waals surface area contributed by atoms with Crippen LogP contribution in [0.2, 0.25) is 0 Å². The van der Waals surface area contributed by atoms with Crippen molar-refractivity contribution in [2.45, 2.75) is 26.4 Å². The standard InChI is InChI=1S/C8H11N3O4/c1-8(2,3)15-7(13)9-6-11-10-5(4-12)14-6/h4H,1-3H3,(H,9,11,13). The van der Waals surface area contributed by atoms with Gasteiger partial charge in [0.1, 0.15) is 5.60 Å². The van der Waals surface area contributed by atoms with E-state index in [2.05, 4.69) is 15.5 Å². The minimum atomic E-state index is -0.719. The lowest BCUT2D eigenvalue weighted by atomic mass is 10.2. The number of rotatable bonds is 2. The summed E-state index contributed by atoms with van der Waals surface area (Å²) in [5.74, 6) is -0.207. The zero-order valence-electron chi connectivity index (χ0n) is 8.60. The van der Waals surface area contributed by atoms with Crippen molar-refractivity contribution in [3.63, 3.8) is 0 Å². The van der Waals surface area contributed by atoms with Crippen molar-refractivity contribution in [1.29, 1.82) is 0 Å². The average molecular weight is 213 g/mol. The van der Waals surface area contributed by atoms with E-state index < -0.39 is 11.7 Å². The van der Waals surface area contributed by atoms with Gasteiger partial charge in [-0.15, -0.1) is 5.10 Å². The molecule has 0 saturated carbocycles. The van der Waals surface area contributed by atoms with Crippen LogP contribution >= 0.6 is 0 Å². The van der Waals surface area contributed by atoms with Crippen LogP contribution in [0.4, 0.5) is 10.8 Å². The van der Waals surface area contributed by atoms with E-state index >= 15 is 0 Å². The maximum absolute atomic E-state index is 11.2. The molecular weight excluding hydrogens is 202 g/mol. The number of hydrogen-bond acceptors (Lipinski definition) is 6. The van der Waals surface area contributed by atoms with E-state index in [9.17, 15) is 9.59 Å². The first-order valence-electron chi connectivity index (χ1n) is 4.19. The molecule has 7 nitrogen and oxygen atoms in total. The summed E-state index contributed by atoms with van der Waals surface area (Å²) in [7, 11) is 0. The van der Waals surface area contributed by atoms with E-state index in [-0.39, 0.29) is 11.9 Å². The van der Waals surface area contributed by atoms with Gasteiger partial charge in [-0.25, -0.2) is 10.1 Å². The third-order valence-corrected chi connectivity index (χ3v) is 1.15. The molecule has 15 heavy (non-hydrogen) atoms. The van der Waals surface area contributed by atoms with Gasteiger partial charge in [0.2, 0.25) is 6.29 Å². The molecule has 1 N–H and O–H groups in total. The van der Waals surface area contributed by atoms with Crippen molar-refractivity contribution in [2.75, 3.05) is 5.32 Å². The Kier molecular flexibility index (Phi) is 3.03. The molecule has 0 fully saturated rings. The number of nitrogens with one attached hydrogen (secondary N) is 1. The first kappa shape index (κ1) is 11.2. The molecular formula is C8H11N3O4. The Bertz CT molecular complexity index is 366. The van der Waals surface area contributed by atoms with Crippen molar-refractivity contribution in [3.8, 4) is 0 Å². The molecule has 0 unspecified atom stereocenters. The summed E-state index contributed by atoms with van der Waals surface area (Å²) in [5, 5.41) is 8.92. The van der Waals surface area contributed by atoms with E-state index in [0.717, 1.165) is 0 Å². The first-order chi connectivity index (χ1) is 6.90. The summed E-state index contributed by atoms with van der Waals surface area (Å²) >= 11 is 0. The molecule has 0 aliphatic carbocycles. The van der Waals surface area contributed by atoms with E-state index in [0.29, 0.717) is 6.29 Å². The van der Waals surface area contributed by atoms with Gasteiger partial charge in [0.05, 0.1) is 0 Å². The number of carbonyl (C=O) groups excluding carboxylic acids is 2. The van der Waals surface area contributed by atoms with Crippen LogP contribution in [0.5, 0.6) is 0 Å². The molecule has 0 aliphatic rings. The predicted molar refractivity (Wildman–Crippen MR) is 49.5 cm³/mol. The van der Waals surface area contributed by atoms with Crippen LogP contribution < -0.4 is 5.32 Å². The van der Waals surface area contributed by atoms with Gasteiger partial charge in [0.25, 0.3) is 5.89 Å². The predicted octanol–water partition coefficient (Wildman–Crippen LogP) is 1.23. The minimum Gasteiger partial charge on any atom is -0.443 e. The summed E-state index contributed by atoms with van der Waals surface area (Å²) in [6.07, 6.45) is -0.337. The number of anilines is 1. The monoisotopic (exact) mass is 213 g/mol. The van der Waals surface area contributed by atoms with Crippen LogP contribution in [0.3, 0.4) is 0 Å². The van der Waals surface area contributed by atoms with Gasteiger partial charge in [0.15, 0.2) is 0 Å². The Morgan fingerprint density at radius 2 is 2.13 bits per heavy atom. The molecule has 0 aliphatic heterocycles. The smallest absolute Gasteiger partial charge is 0.415 e. The van der Waals surface area contributed by atoms with E-state index in [1.165, 1.54) is 0 Å². The first-order valence-corrected chi connectivity index (χ1v) is 4.19. The number of nitrogens with zero attached hydrogens (tertiary/aromatic N) is 2. The number of aromatic nitrogens is 2. The molecule has 1 aromatic rings. The highest BCUT2D eigenvalue weighted by atomic mass is 16.6. The number of carbonyl (C=O) groups is 2. The molecule has 1 heterocycles. The fraction of sp³-hybridized carbons (Fsp3) is 0.500. The second-order valence-corrected chi connectivity index (χ2v) is 3.69. The zero-order chi connectivity index (χ0) is 11.5. The highest BCUT2D eigenvalue weighted by molar-refractivity contribution is 5.82. The molecule has 0 saturated heterocycles. The van der Waals surface area contributed by atoms with Crippen molar-refractivity contribution in [1.82, 2.24) is 10.2 Å². The minimum absolute atomic E-state index is 0.175. The van der Waals surface area contributed by atoms with E-state index in [1.807, 2.05) is 0 Å². The molecule has 0 aromatic carbocycles. The summed E-state index contributed by atoms with van der Waals surface area (Å²) in [4.78, 5) is 21.4. The molecule has 0 spiro atoms. The Morgan fingerprint density at radius 1 is 1.47 bits per heavy atom. The second-order valence-electron chi connectivity index (χ2n) is 3.69. The number of amides is 1. The number of aldehydes is 1. The number of ether oxygens (including phenoxy) is 1. The molecule has 0 bridgehead atoms. The zero-order valence-corrected chi connectivity index (χ0v) is 8.60. The Morgan fingerprint density at radius 3 is 2.60 bits per heavy atom. The topological polar surface area (TPSA) is 94.3 Å². The molecule has 1 aromatic heterocycles. The van der Waals surface area contributed by atoms with Crippen molar-refractivity contribution < 1.29 is 18.7 Å². The fourth-order valence-corrected chi connectivity index (χ4v) is 0.724. The van der Waals surface area contributed by atoms with Crippen LogP contribution in [-0.2, 0) is 4.74 Å². The van der Waals surface area contributed by atoms with Gasteiger partial charge in [-0.2, -0.15) is 0 Å². The lowest BCUT2D eigenvalue weighted by Crippen LogP contribution is -2.27. The van der Waals surface area contributed by atoms with Gasteiger partial charge in [-0.3, -0.25) is 4.79 Å². The third kappa shape index (κ3) is 3.75. The van der Waals surface area contributed by atoms with Crippen LogP contribution in [-0.4, -0.2) is 28.2 Å². The normalized spacial score (nSPS) is 10.9. The molecule has 0 radical (unpaired) electrons. The Labute approximate surface area is 85.8 Å². The molecule has 1 rings (SSSR count). The molecule has 0 atom stereocenters. The van der Waals surface area contributed by atoms with Crippen LogP contribution in [0.15, 0.2) is 4.42 Å². The van der Waals surface area contributed by atoms with E-state index in [1.54, 1.807) is 20.8 Å². The third-order valence-electron chi connectivity index (χ3n) is 1.15. The largest absolute Gasteiger partial charge is 0.443 e. The maximum Gasteiger partial charge on any atom is 0.415 e. The van der Waals surface area contributed by atoms with Crippen molar-refractivity contribution in [2.24, 2.45) is 0 Å². The van der Waals surface area contributed by atoms with E-state index in [4.69, 9.17) is 9.15 Å². The molecule has 82 valence electrons. The summed E-state index contributed by atoms with van der Waals surface area (Å²) in [6.45, 7) is 5.16. The van der Waals surface area contributed by atoms with Gasteiger partial charge in [0, 0.05) is 0 Å².